The van der Waals surface area contributed by atoms with Gasteiger partial charge in [0.2, 0.25) is 0 Å². The Morgan fingerprint density at radius 2 is 2.31 bits per heavy atom. The number of ketones is 1. The number of fused-ring (bicyclic) bond motifs is 1. The maximum absolute atomic E-state index is 11.1. The van der Waals surface area contributed by atoms with Crippen molar-refractivity contribution in [3.63, 3.8) is 0 Å². The van der Waals surface area contributed by atoms with Crippen molar-refractivity contribution in [2.45, 2.75) is 24.7 Å². The molecule has 1 aliphatic rings. The van der Waals surface area contributed by atoms with Gasteiger partial charge in [-0.2, -0.15) is 0 Å². The Kier molecular flexibility index (Phi) is 2.40. The van der Waals surface area contributed by atoms with E-state index in [-0.39, 0.29) is 5.78 Å². The van der Waals surface area contributed by atoms with Gasteiger partial charge >= 0.3 is 0 Å². The van der Waals surface area contributed by atoms with E-state index in [4.69, 9.17) is 0 Å². The van der Waals surface area contributed by atoms with Gasteiger partial charge in [0.25, 0.3) is 0 Å². The van der Waals surface area contributed by atoms with Crippen LogP contribution in [-0.2, 0) is 6.42 Å². The number of aryl methyl sites for hydroxylation is 1. The lowest BCUT2D eigenvalue weighted by Crippen LogP contribution is -2.01. The van der Waals surface area contributed by atoms with Gasteiger partial charge in [-0.25, -0.2) is 0 Å². The van der Waals surface area contributed by atoms with Crippen molar-refractivity contribution < 1.29 is 4.79 Å². The highest BCUT2D eigenvalue weighted by atomic mass is 32.2. The standard InChI is InChI=1S/C11H12OS/c1-8(12)9-4-5-11-10(7-9)3-2-6-13-11/h4-5,7H,2-3,6H2,1H3. The fourth-order valence-electron chi connectivity index (χ4n) is 1.58. The normalized spacial score (nSPS) is 15.2. The van der Waals surface area contributed by atoms with Crippen molar-refractivity contribution in [2.75, 3.05) is 5.75 Å². The van der Waals surface area contributed by atoms with Crippen molar-refractivity contribution in [2.24, 2.45) is 0 Å². The van der Waals surface area contributed by atoms with Crippen LogP contribution in [0.2, 0.25) is 0 Å². The van der Waals surface area contributed by atoms with Gasteiger partial charge in [0.1, 0.15) is 0 Å². The van der Waals surface area contributed by atoms with Crippen LogP contribution in [-0.4, -0.2) is 11.5 Å². The number of hydrogen-bond donors (Lipinski definition) is 0. The van der Waals surface area contributed by atoms with Gasteiger partial charge in [-0.3, -0.25) is 4.79 Å². The van der Waals surface area contributed by atoms with Crippen LogP contribution < -0.4 is 0 Å². The third-order valence-corrected chi connectivity index (χ3v) is 3.52. The summed E-state index contributed by atoms with van der Waals surface area (Å²) in [6, 6.07) is 6.05. The van der Waals surface area contributed by atoms with Crippen molar-refractivity contribution in [1.82, 2.24) is 0 Å². The maximum atomic E-state index is 11.1. The quantitative estimate of drug-likeness (QED) is 0.636. The smallest absolute Gasteiger partial charge is 0.159 e. The van der Waals surface area contributed by atoms with Gasteiger partial charge < -0.3 is 0 Å². The van der Waals surface area contributed by atoms with Crippen molar-refractivity contribution in [1.29, 1.82) is 0 Å². The molecule has 2 heteroatoms. The minimum atomic E-state index is 0.165. The lowest BCUT2D eigenvalue weighted by atomic mass is 10.0. The Morgan fingerprint density at radius 1 is 1.46 bits per heavy atom. The zero-order valence-corrected chi connectivity index (χ0v) is 8.49. The fourth-order valence-corrected chi connectivity index (χ4v) is 2.60. The highest BCUT2D eigenvalue weighted by Gasteiger charge is 2.10. The maximum Gasteiger partial charge on any atom is 0.159 e. The van der Waals surface area contributed by atoms with E-state index >= 15 is 0 Å². The summed E-state index contributed by atoms with van der Waals surface area (Å²) in [5, 5.41) is 0. The van der Waals surface area contributed by atoms with E-state index in [0.29, 0.717) is 0 Å². The molecule has 0 spiro atoms. The molecule has 0 aliphatic carbocycles. The first-order chi connectivity index (χ1) is 6.27. The SMILES string of the molecule is CC(=O)c1ccc2c(c1)CCCS2. The Morgan fingerprint density at radius 3 is 3.08 bits per heavy atom. The van der Waals surface area contributed by atoms with Gasteiger partial charge in [-0.05, 0) is 43.2 Å². The molecule has 0 atom stereocenters. The van der Waals surface area contributed by atoms with Gasteiger partial charge in [-0.15, -0.1) is 11.8 Å². The second-order valence-electron chi connectivity index (χ2n) is 3.33. The zero-order valence-electron chi connectivity index (χ0n) is 7.67. The number of hydrogen-bond acceptors (Lipinski definition) is 2. The third kappa shape index (κ3) is 1.78. The predicted octanol–water partition coefficient (Wildman–Crippen LogP) is 2.93. The molecule has 13 heavy (non-hydrogen) atoms. The van der Waals surface area contributed by atoms with Gasteiger partial charge in [-0.1, -0.05) is 6.07 Å². The summed E-state index contributed by atoms with van der Waals surface area (Å²) >= 11 is 1.90. The third-order valence-electron chi connectivity index (χ3n) is 2.32. The Bertz CT molecular complexity index is 344. The number of Topliss-reactive ketones (excluding diaryl/α,β-unsaturated/α-hetero) is 1. The number of carbonyl (C=O) groups is 1. The molecule has 0 unspecified atom stereocenters. The topological polar surface area (TPSA) is 17.1 Å². The first-order valence-electron chi connectivity index (χ1n) is 4.54. The predicted molar refractivity (Wildman–Crippen MR) is 55.5 cm³/mol. The average Bonchev–Trinajstić information content (AvgIpc) is 2.17. The molecule has 1 aromatic carbocycles. The summed E-state index contributed by atoms with van der Waals surface area (Å²) in [5.74, 6) is 1.38. The Balaban J connectivity index is 2.40. The van der Waals surface area contributed by atoms with E-state index in [9.17, 15) is 4.79 Å². The number of carbonyl (C=O) groups excluding carboxylic acids is 1. The summed E-state index contributed by atoms with van der Waals surface area (Å²) in [7, 11) is 0. The van der Waals surface area contributed by atoms with Gasteiger partial charge in [0, 0.05) is 10.5 Å². The van der Waals surface area contributed by atoms with Crippen molar-refractivity contribution in [3.05, 3.63) is 29.3 Å². The largest absolute Gasteiger partial charge is 0.295 e. The molecule has 1 aromatic rings. The first kappa shape index (κ1) is 8.82. The summed E-state index contributed by atoms with van der Waals surface area (Å²) in [6.45, 7) is 1.62. The van der Waals surface area contributed by atoms with Crippen LogP contribution in [0.5, 0.6) is 0 Å². The minimum absolute atomic E-state index is 0.165. The number of benzene rings is 1. The molecule has 0 radical (unpaired) electrons. The lowest BCUT2D eigenvalue weighted by molar-refractivity contribution is 0.101. The van der Waals surface area contributed by atoms with E-state index in [0.717, 1.165) is 12.0 Å². The molecule has 2 rings (SSSR count). The second-order valence-corrected chi connectivity index (χ2v) is 4.47. The highest BCUT2D eigenvalue weighted by Crippen LogP contribution is 2.30. The van der Waals surface area contributed by atoms with Crippen molar-refractivity contribution >= 4 is 17.5 Å². The second kappa shape index (κ2) is 3.54. The van der Waals surface area contributed by atoms with Crippen LogP contribution in [0.3, 0.4) is 0 Å². The molecule has 0 N–H and O–H groups in total. The summed E-state index contributed by atoms with van der Waals surface area (Å²) in [4.78, 5) is 12.5. The van der Waals surface area contributed by atoms with Crippen LogP contribution in [0.15, 0.2) is 23.1 Å². The van der Waals surface area contributed by atoms with E-state index in [1.165, 1.54) is 22.6 Å². The van der Waals surface area contributed by atoms with E-state index in [1.807, 2.05) is 23.9 Å². The molecule has 0 bridgehead atoms. The zero-order chi connectivity index (χ0) is 9.26. The van der Waals surface area contributed by atoms with E-state index < -0.39 is 0 Å². The molecule has 1 nitrogen and oxygen atoms in total. The highest BCUT2D eigenvalue weighted by molar-refractivity contribution is 7.99. The van der Waals surface area contributed by atoms with Gasteiger partial charge in [0.15, 0.2) is 5.78 Å². The Labute approximate surface area is 82.5 Å². The lowest BCUT2D eigenvalue weighted by Gasteiger charge is -2.15. The van der Waals surface area contributed by atoms with Crippen molar-refractivity contribution in [3.8, 4) is 0 Å². The molecule has 0 aromatic heterocycles. The summed E-state index contributed by atoms with van der Waals surface area (Å²) < 4.78 is 0. The summed E-state index contributed by atoms with van der Waals surface area (Å²) in [5.41, 5.74) is 2.20. The van der Waals surface area contributed by atoms with Crippen LogP contribution in [0.1, 0.15) is 29.3 Å². The molecule has 1 heterocycles. The average molecular weight is 192 g/mol. The monoisotopic (exact) mass is 192 g/mol. The first-order valence-corrected chi connectivity index (χ1v) is 5.52. The molecule has 1 aliphatic heterocycles. The molecule has 0 amide bonds. The summed E-state index contributed by atoms with van der Waals surface area (Å²) in [6.07, 6.45) is 2.36. The number of rotatable bonds is 1. The fraction of sp³-hybridized carbons (Fsp3) is 0.364. The van der Waals surface area contributed by atoms with Crippen LogP contribution in [0.4, 0.5) is 0 Å². The van der Waals surface area contributed by atoms with Crippen LogP contribution in [0.25, 0.3) is 0 Å². The molecule has 0 fully saturated rings. The molecule has 0 saturated carbocycles. The minimum Gasteiger partial charge on any atom is -0.295 e. The van der Waals surface area contributed by atoms with E-state index in [2.05, 4.69) is 6.07 Å². The van der Waals surface area contributed by atoms with Crippen LogP contribution in [0, 0.1) is 0 Å². The van der Waals surface area contributed by atoms with Crippen LogP contribution >= 0.6 is 11.8 Å². The van der Waals surface area contributed by atoms with E-state index in [1.54, 1.807) is 6.92 Å². The Hall–Kier alpha value is -0.760. The molecular weight excluding hydrogens is 180 g/mol. The van der Waals surface area contributed by atoms with Gasteiger partial charge in [0.05, 0.1) is 0 Å². The number of thioether (sulfide) groups is 1. The molecule has 0 saturated heterocycles. The molecule has 68 valence electrons. The molecular formula is C11H12OS.